The highest BCUT2D eigenvalue weighted by Crippen LogP contribution is 2.45. The maximum absolute atomic E-state index is 13.7. The number of esters is 1. The predicted octanol–water partition coefficient (Wildman–Crippen LogP) is 7.93. The van der Waals surface area contributed by atoms with Crippen LogP contribution in [0.5, 0.6) is 17.2 Å². The number of rotatable bonds is 8. The molecule has 0 N–H and O–H groups in total. The number of ether oxygens (including phenoxy) is 3. The van der Waals surface area contributed by atoms with Crippen LogP contribution in [0.1, 0.15) is 64.2 Å². The van der Waals surface area contributed by atoms with E-state index in [1.54, 1.807) is 13.2 Å². The standard InChI is InChI=1S/C29H28Br2O5/c1-17-7-6-10-20(11-17)28(33)22-16-25(34-2)21(19-8-4-5-9-19)15-26(22)36-29-23(30)12-18(13-24(29)31)14-27(32)35-3/h6-7,10-13,15-16,19H,4-5,8-9,14H2,1-3H3. The molecular weight excluding hydrogens is 588 g/mol. The first-order valence-corrected chi connectivity index (χ1v) is 13.4. The fourth-order valence-electron chi connectivity index (χ4n) is 4.67. The number of benzene rings is 3. The fourth-order valence-corrected chi connectivity index (χ4v) is 6.12. The summed E-state index contributed by atoms with van der Waals surface area (Å²) >= 11 is 7.16. The third-order valence-corrected chi connectivity index (χ3v) is 7.68. The zero-order chi connectivity index (χ0) is 25.8. The SMILES string of the molecule is COC(=O)Cc1cc(Br)c(Oc2cc(C3CCCC3)c(OC)cc2C(=O)c2cccc(C)c2)c(Br)c1. The van der Waals surface area contributed by atoms with E-state index >= 15 is 0 Å². The van der Waals surface area contributed by atoms with E-state index in [0.717, 1.165) is 29.5 Å². The molecule has 0 radical (unpaired) electrons. The van der Waals surface area contributed by atoms with Gasteiger partial charge >= 0.3 is 5.97 Å². The lowest BCUT2D eigenvalue weighted by atomic mass is 9.92. The van der Waals surface area contributed by atoms with E-state index in [2.05, 4.69) is 31.9 Å². The molecule has 3 aromatic rings. The average Bonchev–Trinajstić information content (AvgIpc) is 3.40. The topological polar surface area (TPSA) is 61.8 Å². The van der Waals surface area contributed by atoms with Gasteiger partial charge < -0.3 is 14.2 Å². The van der Waals surface area contributed by atoms with E-state index in [9.17, 15) is 9.59 Å². The van der Waals surface area contributed by atoms with Crippen molar-refractivity contribution in [2.75, 3.05) is 14.2 Å². The van der Waals surface area contributed by atoms with E-state index in [4.69, 9.17) is 14.2 Å². The first-order chi connectivity index (χ1) is 17.3. The Bertz CT molecular complexity index is 1270. The van der Waals surface area contributed by atoms with Crippen molar-refractivity contribution in [1.29, 1.82) is 0 Å². The number of carbonyl (C=O) groups is 2. The Hall–Kier alpha value is -2.64. The second kappa shape index (κ2) is 11.6. The lowest BCUT2D eigenvalue weighted by molar-refractivity contribution is -0.139. The van der Waals surface area contributed by atoms with Gasteiger partial charge in [0.1, 0.15) is 11.5 Å². The summed E-state index contributed by atoms with van der Waals surface area (Å²) in [5.74, 6) is 1.58. The van der Waals surface area contributed by atoms with Gasteiger partial charge in [-0.25, -0.2) is 0 Å². The average molecular weight is 616 g/mol. The molecule has 1 aliphatic rings. The van der Waals surface area contributed by atoms with Crippen molar-refractivity contribution >= 4 is 43.6 Å². The minimum Gasteiger partial charge on any atom is -0.496 e. The minimum absolute atomic E-state index is 0.138. The zero-order valence-electron chi connectivity index (χ0n) is 20.5. The summed E-state index contributed by atoms with van der Waals surface area (Å²) < 4.78 is 18.3. The van der Waals surface area contributed by atoms with Gasteiger partial charge in [-0.3, -0.25) is 9.59 Å². The number of methoxy groups -OCH3 is 2. The molecule has 1 saturated carbocycles. The van der Waals surface area contributed by atoms with Crippen LogP contribution in [-0.2, 0) is 16.0 Å². The molecule has 0 amide bonds. The molecule has 0 aromatic heterocycles. The van der Waals surface area contributed by atoms with Crippen molar-refractivity contribution in [3.63, 3.8) is 0 Å². The molecule has 0 saturated heterocycles. The molecule has 3 aromatic carbocycles. The molecule has 36 heavy (non-hydrogen) atoms. The minimum atomic E-state index is -0.329. The largest absolute Gasteiger partial charge is 0.496 e. The molecule has 1 fully saturated rings. The van der Waals surface area contributed by atoms with Crippen molar-refractivity contribution in [1.82, 2.24) is 0 Å². The fraction of sp³-hybridized carbons (Fsp3) is 0.310. The Morgan fingerprint density at radius 3 is 2.25 bits per heavy atom. The van der Waals surface area contributed by atoms with E-state index in [0.29, 0.717) is 43.2 Å². The summed E-state index contributed by atoms with van der Waals surface area (Å²) in [4.78, 5) is 25.4. The molecule has 188 valence electrons. The summed E-state index contributed by atoms with van der Waals surface area (Å²) in [6.45, 7) is 1.96. The van der Waals surface area contributed by atoms with Crippen LogP contribution < -0.4 is 9.47 Å². The van der Waals surface area contributed by atoms with Crippen molar-refractivity contribution < 1.29 is 23.8 Å². The van der Waals surface area contributed by atoms with Crippen molar-refractivity contribution in [2.45, 2.75) is 44.9 Å². The van der Waals surface area contributed by atoms with Gasteiger partial charge in [0.2, 0.25) is 0 Å². The third-order valence-electron chi connectivity index (χ3n) is 6.50. The van der Waals surface area contributed by atoms with E-state index in [1.165, 1.54) is 20.0 Å². The van der Waals surface area contributed by atoms with Gasteiger partial charge in [0, 0.05) is 11.1 Å². The highest BCUT2D eigenvalue weighted by Gasteiger charge is 2.26. The van der Waals surface area contributed by atoms with Gasteiger partial charge in [-0.05, 0) is 93.4 Å². The number of carbonyl (C=O) groups excluding carboxylic acids is 2. The highest BCUT2D eigenvalue weighted by molar-refractivity contribution is 9.11. The summed E-state index contributed by atoms with van der Waals surface area (Å²) in [6.07, 6.45) is 4.64. The first kappa shape index (κ1) is 26.4. The lowest BCUT2D eigenvalue weighted by Crippen LogP contribution is -2.08. The summed E-state index contributed by atoms with van der Waals surface area (Å²) in [7, 11) is 3.00. The summed E-state index contributed by atoms with van der Waals surface area (Å²) in [6, 6.07) is 14.9. The van der Waals surface area contributed by atoms with Crippen LogP contribution in [0.3, 0.4) is 0 Å². The van der Waals surface area contributed by atoms with Crippen LogP contribution in [0.15, 0.2) is 57.5 Å². The maximum Gasteiger partial charge on any atom is 0.309 e. The number of halogens is 2. The number of ketones is 1. The summed E-state index contributed by atoms with van der Waals surface area (Å²) in [5.41, 5.74) is 3.84. The molecule has 0 aliphatic heterocycles. The Morgan fingerprint density at radius 1 is 0.944 bits per heavy atom. The molecule has 4 rings (SSSR count). The quantitative estimate of drug-likeness (QED) is 0.190. The molecule has 0 unspecified atom stereocenters. The van der Waals surface area contributed by atoms with Crippen molar-refractivity contribution in [3.8, 4) is 17.2 Å². The Kier molecular flexibility index (Phi) is 8.52. The molecule has 1 aliphatic carbocycles. The molecule has 0 heterocycles. The third kappa shape index (κ3) is 5.84. The van der Waals surface area contributed by atoms with Gasteiger partial charge in [-0.1, -0.05) is 36.6 Å². The normalized spacial score (nSPS) is 13.5. The van der Waals surface area contributed by atoms with Gasteiger partial charge in [-0.2, -0.15) is 0 Å². The molecule has 0 bridgehead atoms. The number of aryl methyl sites for hydroxylation is 1. The van der Waals surface area contributed by atoms with E-state index in [-0.39, 0.29) is 18.2 Å². The monoisotopic (exact) mass is 614 g/mol. The van der Waals surface area contributed by atoms with E-state index in [1.807, 2.05) is 49.4 Å². The lowest BCUT2D eigenvalue weighted by Gasteiger charge is -2.20. The van der Waals surface area contributed by atoms with E-state index < -0.39 is 0 Å². The molecule has 0 atom stereocenters. The second-order valence-electron chi connectivity index (χ2n) is 9.01. The van der Waals surface area contributed by atoms with Crippen LogP contribution in [0.2, 0.25) is 0 Å². The molecule has 5 nitrogen and oxygen atoms in total. The van der Waals surface area contributed by atoms with Gasteiger partial charge in [-0.15, -0.1) is 0 Å². The highest BCUT2D eigenvalue weighted by atomic mass is 79.9. The van der Waals surface area contributed by atoms with Crippen LogP contribution in [0.4, 0.5) is 0 Å². The van der Waals surface area contributed by atoms with Crippen molar-refractivity contribution in [2.24, 2.45) is 0 Å². The Balaban J connectivity index is 1.81. The van der Waals surface area contributed by atoms with Gasteiger partial charge in [0.15, 0.2) is 11.5 Å². The number of hydrogen-bond acceptors (Lipinski definition) is 5. The van der Waals surface area contributed by atoms with Crippen LogP contribution >= 0.6 is 31.9 Å². The van der Waals surface area contributed by atoms with Crippen LogP contribution in [0, 0.1) is 6.92 Å². The maximum atomic E-state index is 13.7. The summed E-state index contributed by atoms with van der Waals surface area (Å²) in [5, 5.41) is 0. The predicted molar refractivity (Wildman–Crippen MR) is 146 cm³/mol. The zero-order valence-corrected chi connectivity index (χ0v) is 23.7. The van der Waals surface area contributed by atoms with Crippen LogP contribution in [-0.4, -0.2) is 26.0 Å². The molecule has 7 heteroatoms. The smallest absolute Gasteiger partial charge is 0.309 e. The first-order valence-electron chi connectivity index (χ1n) is 11.9. The molecular formula is C29H28Br2O5. The van der Waals surface area contributed by atoms with Gasteiger partial charge in [0.25, 0.3) is 0 Å². The van der Waals surface area contributed by atoms with Crippen LogP contribution in [0.25, 0.3) is 0 Å². The Labute approximate surface area is 228 Å². The second-order valence-corrected chi connectivity index (χ2v) is 10.7. The number of hydrogen-bond donors (Lipinski definition) is 0. The van der Waals surface area contributed by atoms with Gasteiger partial charge in [0.05, 0.1) is 35.1 Å². The van der Waals surface area contributed by atoms with Crippen molar-refractivity contribution in [3.05, 3.63) is 85.3 Å². The molecule has 0 spiro atoms. The Morgan fingerprint density at radius 2 is 1.64 bits per heavy atom.